The zero-order valence-corrected chi connectivity index (χ0v) is 15.3. The fourth-order valence-corrected chi connectivity index (χ4v) is 2.56. The Morgan fingerprint density at radius 1 is 1.07 bits per heavy atom. The number of halogens is 2. The lowest BCUT2D eigenvalue weighted by Crippen LogP contribution is -2.22. The van der Waals surface area contributed by atoms with Gasteiger partial charge in [-0.2, -0.15) is 8.78 Å². The molecule has 0 aliphatic rings. The third-order valence-corrected chi connectivity index (χ3v) is 3.85. The maximum Gasteiger partial charge on any atom is 0.387 e. The van der Waals surface area contributed by atoms with E-state index in [2.05, 4.69) is 10.1 Å². The van der Waals surface area contributed by atoms with Crippen LogP contribution in [-0.2, 0) is 9.53 Å². The lowest BCUT2D eigenvalue weighted by Gasteiger charge is -2.16. The molecule has 0 heterocycles. The number of carbonyl (C=O) groups excluding carboxylic acids is 2. The van der Waals surface area contributed by atoms with Crippen LogP contribution in [0, 0.1) is 6.92 Å². The first kappa shape index (κ1) is 20.4. The standard InChI is InChI=1S/C20H21F2NO4/c1-12(2)14-9-6-7-13(3)18(14)23-17(24)11-26-19(25)15-8-4-5-10-16(15)27-20(21)22/h4-10,12,20H,11H2,1-3H3,(H,23,24). The summed E-state index contributed by atoms with van der Waals surface area (Å²) in [6.07, 6.45) is 0. The van der Waals surface area contributed by atoms with Crippen LogP contribution in [0.1, 0.15) is 41.3 Å². The second-order valence-electron chi connectivity index (χ2n) is 6.19. The number of nitrogens with one attached hydrogen (secondary N) is 1. The summed E-state index contributed by atoms with van der Waals surface area (Å²) in [5.41, 5.74) is 2.35. The van der Waals surface area contributed by atoms with Crippen LogP contribution in [0.4, 0.5) is 14.5 Å². The Labute approximate surface area is 156 Å². The van der Waals surface area contributed by atoms with E-state index in [1.165, 1.54) is 24.3 Å². The molecule has 0 radical (unpaired) electrons. The molecule has 0 spiro atoms. The Kier molecular flexibility index (Phi) is 6.87. The van der Waals surface area contributed by atoms with Gasteiger partial charge in [-0.25, -0.2) is 4.79 Å². The first-order valence-corrected chi connectivity index (χ1v) is 8.40. The van der Waals surface area contributed by atoms with Crippen LogP contribution >= 0.6 is 0 Å². The minimum absolute atomic E-state index is 0.177. The van der Waals surface area contributed by atoms with E-state index >= 15 is 0 Å². The minimum Gasteiger partial charge on any atom is -0.452 e. The number of rotatable bonds is 7. The van der Waals surface area contributed by atoms with E-state index < -0.39 is 25.1 Å². The van der Waals surface area contributed by atoms with Crippen LogP contribution in [0.5, 0.6) is 5.75 Å². The van der Waals surface area contributed by atoms with E-state index in [1.807, 2.05) is 39.0 Å². The Hall–Kier alpha value is -2.96. The molecule has 2 aromatic rings. The van der Waals surface area contributed by atoms with Gasteiger partial charge in [0, 0.05) is 5.69 Å². The van der Waals surface area contributed by atoms with Gasteiger partial charge in [0.05, 0.1) is 0 Å². The van der Waals surface area contributed by atoms with Gasteiger partial charge in [-0.3, -0.25) is 4.79 Å². The first-order chi connectivity index (χ1) is 12.8. The molecule has 0 aromatic heterocycles. The van der Waals surface area contributed by atoms with Crippen molar-refractivity contribution in [1.29, 1.82) is 0 Å². The normalized spacial score (nSPS) is 10.8. The first-order valence-electron chi connectivity index (χ1n) is 8.40. The van der Waals surface area contributed by atoms with Gasteiger partial charge in [-0.05, 0) is 36.1 Å². The summed E-state index contributed by atoms with van der Waals surface area (Å²) >= 11 is 0. The molecule has 27 heavy (non-hydrogen) atoms. The molecule has 0 aliphatic carbocycles. The lowest BCUT2D eigenvalue weighted by molar-refractivity contribution is -0.119. The van der Waals surface area contributed by atoms with Crippen molar-refractivity contribution >= 4 is 17.6 Å². The molecule has 2 rings (SSSR count). The SMILES string of the molecule is Cc1cccc(C(C)C)c1NC(=O)COC(=O)c1ccccc1OC(F)F. The van der Waals surface area contributed by atoms with Crippen LogP contribution in [0.2, 0.25) is 0 Å². The Balaban J connectivity index is 2.04. The summed E-state index contributed by atoms with van der Waals surface area (Å²) in [7, 11) is 0. The second-order valence-corrected chi connectivity index (χ2v) is 6.19. The number of carbonyl (C=O) groups is 2. The summed E-state index contributed by atoms with van der Waals surface area (Å²) < 4.78 is 34.1. The van der Waals surface area contributed by atoms with Crippen molar-refractivity contribution in [2.75, 3.05) is 11.9 Å². The fraction of sp³-hybridized carbons (Fsp3) is 0.300. The molecular weight excluding hydrogens is 356 g/mol. The molecule has 0 bridgehead atoms. The second kappa shape index (κ2) is 9.12. The van der Waals surface area contributed by atoms with Gasteiger partial charge in [-0.1, -0.05) is 44.2 Å². The Bertz CT molecular complexity index is 821. The largest absolute Gasteiger partial charge is 0.452 e. The van der Waals surface area contributed by atoms with Crippen molar-refractivity contribution < 1.29 is 27.8 Å². The predicted molar refractivity (Wildman–Crippen MR) is 97.3 cm³/mol. The molecule has 0 saturated heterocycles. The van der Waals surface area contributed by atoms with Gasteiger partial charge in [0.15, 0.2) is 6.61 Å². The van der Waals surface area contributed by atoms with E-state index in [0.717, 1.165) is 11.1 Å². The van der Waals surface area contributed by atoms with Crippen molar-refractivity contribution in [3.63, 3.8) is 0 Å². The summed E-state index contributed by atoms with van der Waals surface area (Å²) in [6.45, 7) is 2.26. The average molecular weight is 377 g/mol. The molecule has 1 N–H and O–H groups in total. The van der Waals surface area contributed by atoms with Crippen molar-refractivity contribution in [1.82, 2.24) is 0 Å². The smallest absolute Gasteiger partial charge is 0.387 e. The van der Waals surface area contributed by atoms with Crippen LogP contribution < -0.4 is 10.1 Å². The van der Waals surface area contributed by atoms with Crippen LogP contribution in [0.15, 0.2) is 42.5 Å². The highest BCUT2D eigenvalue weighted by molar-refractivity contribution is 5.97. The number of esters is 1. The van der Waals surface area contributed by atoms with Crippen molar-refractivity contribution in [2.45, 2.75) is 33.3 Å². The Morgan fingerprint density at radius 3 is 2.44 bits per heavy atom. The predicted octanol–water partition coefficient (Wildman–Crippen LogP) is 4.52. The van der Waals surface area contributed by atoms with E-state index in [4.69, 9.17) is 4.74 Å². The van der Waals surface area contributed by atoms with Gasteiger partial charge in [0.2, 0.25) is 0 Å². The topological polar surface area (TPSA) is 64.6 Å². The number of ether oxygens (including phenoxy) is 2. The highest BCUT2D eigenvalue weighted by Gasteiger charge is 2.18. The fourth-order valence-electron chi connectivity index (χ4n) is 2.56. The number of amides is 1. The molecular formula is C20H21F2NO4. The van der Waals surface area contributed by atoms with Gasteiger partial charge < -0.3 is 14.8 Å². The molecule has 0 atom stereocenters. The highest BCUT2D eigenvalue weighted by atomic mass is 19.3. The third kappa shape index (κ3) is 5.51. The molecule has 0 fully saturated rings. The molecule has 7 heteroatoms. The third-order valence-electron chi connectivity index (χ3n) is 3.85. The molecule has 0 saturated carbocycles. The average Bonchev–Trinajstić information content (AvgIpc) is 2.61. The molecule has 0 aliphatic heterocycles. The summed E-state index contributed by atoms with van der Waals surface area (Å²) in [6, 6.07) is 11.1. The summed E-state index contributed by atoms with van der Waals surface area (Å²) in [5, 5.41) is 2.75. The summed E-state index contributed by atoms with van der Waals surface area (Å²) in [5.74, 6) is -1.55. The van der Waals surface area contributed by atoms with Gasteiger partial charge in [-0.15, -0.1) is 0 Å². The number of hydrogen-bond acceptors (Lipinski definition) is 4. The maximum absolute atomic E-state index is 12.4. The number of benzene rings is 2. The van der Waals surface area contributed by atoms with Gasteiger partial charge >= 0.3 is 12.6 Å². The number of hydrogen-bond donors (Lipinski definition) is 1. The van der Waals surface area contributed by atoms with Crippen LogP contribution in [-0.4, -0.2) is 25.1 Å². The van der Waals surface area contributed by atoms with Gasteiger partial charge in [0.1, 0.15) is 11.3 Å². The van der Waals surface area contributed by atoms with E-state index in [0.29, 0.717) is 5.69 Å². The van der Waals surface area contributed by atoms with Crippen molar-refractivity contribution in [2.24, 2.45) is 0 Å². The zero-order valence-electron chi connectivity index (χ0n) is 15.3. The van der Waals surface area contributed by atoms with Crippen molar-refractivity contribution in [3.8, 4) is 5.75 Å². The minimum atomic E-state index is -3.07. The van der Waals surface area contributed by atoms with Crippen LogP contribution in [0.25, 0.3) is 0 Å². The number of aryl methyl sites for hydroxylation is 1. The molecule has 5 nitrogen and oxygen atoms in total. The Morgan fingerprint density at radius 2 is 1.78 bits per heavy atom. The van der Waals surface area contributed by atoms with Crippen molar-refractivity contribution in [3.05, 3.63) is 59.2 Å². The van der Waals surface area contributed by atoms with Gasteiger partial charge in [0.25, 0.3) is 5.91 Å². The van der Waals surface area contributed by atoms with E-state index in [1.54, 1.807) is 0 Å². The number of alkyl halides is 2. The quantitative estimate of drug-likeness (QED) is 0.721. The molecule has 0 unspecified atom stereocenters. The zero-order chi connectivity index (χ0) is 20.0. The molecule has 2 aromatic carbocycles. The lowest BCUT2D eigenvalue weighted by atomic mass is 9.98. The van der Waals surface area contributed by atoms with Crippen LogP contribution in [0.3, 0.4) is 0 Å². The van der Waals surface area contributed by atoms with E-state index in [-0.39, 0.29) is 17.2 Å². The monoisotopic (exact) mass is 377 g/mol. The molecule has 1 amide bonds. The molecule has 144 valence electrons. The number of anilines is 1. The maximum atomic E-state index is 12.4. The number of para-hydroxylation sites is 2. The van der Waals surface area contributed by atoms with E-state index in [9.17, 15) is 18.4 Å². The highest BCUT2D eigenvalue weighted by Crippen LogP contribution is 2.27. The summed E-state index contributed by atoms with van der Waals surface area (Å²) in [4.78, 5) is 24.3.